The highest BCUT2D eigenvalue weighted by Crippen LogP contribution is 2.08. The molecule has 0 saturated heterocycles. The smallest absolute Gasteiger partial charge is 0.390 e. The fourth-order valence-corrected chi connectivity index (χ4v) is 1.81. The van der Waals surface area contributed by atoms with E-state index in [0.717, 1.165) is 11.9 Å². The van der Waals surface area contributed by atoms with Crippen LogP contribution in [0.3, 0.4) is 0 Å². The van der Waals surface area contributed by atoms with Crippen LogP contribution in [-0.4, -0.2) is 11.2 Å². The SMILES string of the molecule is OB(S)c1ccc(Cc2ccccc2)cc1. The molecule has 0 heterocycles. The third-order valence-corrected chi connectivity index (χ3v) is 2.83. The van der Waals surface area contributed by atoms with E-state index in [1.54, 1.807) is 0 Å². The Morgan fingerprint density at radius 2 is 1.44 bits per heavy atom. The predicted molar refractivity (Wildman–Crippen MR) is 72.3 cm³/mol. The van der Waals surface area contributed by atoms with Crippen LogP contribution < -0.4 is 5.46 Å². The van der Waals surface area contributed by atoms with Crippen LogP contribution in [-0.2, 0) is 6.42 Å². The molecule has 80 valence electrons. The first-order valence-corrected chi connectivity index (χ1v) is 5.76. The second-order valence-electron chi connectivity index (χ2n) is 3.78. The predicted octanol–water partition coefficient (Wildman–Crippen LogP) is 1.89. The largest absolute Gasteiger partial charge is 0.438 e. The van der Waals surface area contributed by atoms with Crippen molar-refractivity contribution < 1.29 is 5.02 Å². The summed E-state index contributed by atoms with van der Waals surface area (Å²) in [5.74, 6) is 0. The minimum atomic E-state index is -0.689. The molecule has 0 bridgehead atoms. The van der Waals surface area contributed by atoms with Crippen molar-refractivity contribution in [2.24, 2.45) is 0 Å². The molecule has 2 aromatic carbocycles. The van der Waals surface area contributed by atoms with E-state index in [4.69, 9.17) is 0 Å². The van der Waals surface area contributed by atoms with Crippen LogP contribution in [0.1, 0.15) is 11.1 Å². The fourth-order valence-electron chi connectivity index (χ4n) is 1.64. The van der Waals surface area contributed by atoms with Crippen LogP contribution >= 0.6 is 12.5 Å². The Hall–Kier alpha value is -1.19. The molecule has 0 aliphatic carbocycles. The molecule has 0 aromatic heterocycles. The third kappa shape index (κ3) is 2.91. The molecular formula is C13H13BOS. The molecule has 0 atom stereocenters. The molecule has 1 nitrogen and oxygen atoms in total. The van der Waals surface area contributed by atoms with Gasteiger partial charge in [-0.15, -0.1) is 0 Å². The molecule has 0 fully saturated rings. The fraction of sp³-hybridized carbons (Fsp3) is 0.0769. The van der Waals surface area contributed by atoms with E-state index in [0.29, 0.717) is 0 Å². The summed E-state index contributed by atoms with van der Waals surface area (Å²) in [4.78, 5) is 0. The lowest BCUT2D eigenvalue weighted by molar-refractivity contribution is 0.609. The Labute approximate surface area is 102 Å². The molecule has 0 aliphatic rings. The van der Waals surface area contributed by atoms with Crippen molar-refractivity contribution >= 4 is 24.1 Å². The average molecular weight is 228 g/mol. The van der Waals surface area contributed by atoms with Gasteiger partial charge in [-0.25, -0.2) is 0 Å². The van der Waals surface area contributed by atoms with Crippen molar-refractivity contribution in [3.05, 3.63) is 65.7 Å². The van der Waals surface area contributed by atoms with Crippen molar-refractivity contribution in [1.82, 2.24) is 0 Å². The zero-order chi connectivity index (χ0) is 11.4. The quantitative estimate of drug-likeness (QED) is 0.607. The summed E-state index contributed by atoms with van der Waals surface area (Å²) in [6, 6.07) is 18.2. The molecule has 0 spiro atoms. The minimum Gasteiger partial charge on any atom is -0.438 e. The van der Waals surface area contributed by atoms with E-state index in [1.807, 2.05) is 42.5 Å². The molecule has 3 heteroatoms. The second kappa shape index (κ2) is 5.24. The summed E-state index contributed by atoms with van der Waals surface area (Å²) in [6.45, 7) is 0. The molecule has 2 aromatic rings. The molecule has 2 rings (SSSR count). The van der Waals surface area contributed by atoms with Gasteiger partial charge in [-0.05, 0) is 23.0 Å². The van der Waals surface area contributed by atoms with E-state index < -0.39 is 6.19 Å². The number of benzene rings is 2. The zero-order valence-electron chi connectivity index (χ0n) is 8.88. The molecular weight excluding hydrogens is 215 g/mol. The van der Waals surface area contributed by atoms with Gasteiger partial charge in [-0.3, -0.25) is 0 Å². The summed E-state index contributed by atoms with van der Waals surface area (Å²) in [5, 5.41) is 9.27. The molecule has 16 heavy (non-hydrogen) atoms. The van der Waals surface area contributed by atoms with Crippen molar-refractivity contribution in [3.63, 3.8) is 0 Å². The highest BCUT2D eigenvalue weighted by Gasteiger charge is 2.06. The maximum atomic E-state index is 9.27. The van der Waals surface area contributed by atoms with E-state index in [1.165, 1.54) is 11.1 Å². The first kappa shape index (κ1) is 11.3. The maximum Gasteiger partial charge on any atom is 0.390 e. The van der Waals surface area contributed by atoms with Gasteiger partial charge in [0.15, 0.2) is 0 Å². The first-order valence-electron chi connectivity index (χ1n) is 5.24. The summed E-state index contributed by atoms with van der Waals surface area (Å²) in [7, 11) is 0. The van der Waals surface area contributed by atoms with Gasteiger partial charge in [0.25, 0.3) is 0 Å². The average Bonchev–Trinajstić information content (AvgIpc) is 2.31. The molecule has 0 amide bonds. The number of hydrogen-bond donors (Lipinski definition) is 2. The van der Waals surface area contributed by atoms with Crippen LogP contribution in [0.5, 0.6) is 0 Å². The van der Waals surface area contributed by atoms with Crippen LogP contribution in [0.2, 0.25) is 0 Å². The number of hydrogen-bond acceptors (Lipinski definition) is 2. The Morgan fingerprint density at radius 3 is 2.00 bits per heavy atom. The summed E-state index contributed by atoms with van der Waals surface area (Å²) >= 11 is 3.98. The van der Waals surface area contributed by atoms with Gasteiger partial charge < -0.3 is 5.02 Å². The lowest BCUT2D eigenvalue weighted by Gasteiger charge is -2.04. The van der Waals surface area contributed by atoms with Crippen molar-refractivity contribution in [3.8, 4) is 0 Å². The third-order valence-electron chi connectivity index (χ3n) is 2.53. The summed E-state index contributed by atoms with van der Waals surface area (Å²) < 4.78 is 0. The van der Waals surface area contributed by atoms with Crippen molar-refractivity contribution in [2.45, 2.75) is 6.42 Å². The Balaban J connectivity index is 2.11. The van der Waals surface area contributed by atoms with Crippen LogP contribution in [0, 0.1) is 0 Å². The molecule has 0 saturated carbocycles. The normalized spacial score (nSPS) is 10.1. The van der Waals surface area contributed by atoms with E-state index in [2.05, 4.69) is 24.6 Å². The lowest BCUT2D eigenvalue weighted by Crippen LogP contribution is -2.23. The molecule has 0 radical (unpaired) electrons. The van der Waals surface area contributed by atoms with Gasteiger partial charge in [0.2, 0.25) is 0 Å². The Bertz CT molecular complexity index is 439. The first-order chi connectivity index (χ1) is 7.75. The van der Waals surface area contributed by atoms with Crippen LogP contribution in [0.25, 0.3) is 0 Å². The number of thiol groups is 1. The van der Waals surface area contributed by atoms with Gasteiger partial charge >= 0.3 is 6.19 Å². The summed E-state index contributed by atoms with van der Waals surface area (Å²) in [5.41, 5.74) is 3.37. The standard InChI is InChI=1S/C13H13BOS/c15-14(16)13-8-6-12(7-9-13)10-11-4-2-1-3-5-11/h1-9,15-16H,10H2. The van der Waals surface area contributed by atoms with E-state index in [-0.39, 0.29) is 0 Å². The van der Waals surface area contributed by atoms with Gasteiger partial charge in [0.1, 0.15) is 0 Å². The van der Waals surface area contributed by atoms with Gasteiger partial charge in [0.05, 0.1) is 0 Å². The lowest BCUT2D eigenvalue weighted by atomic mass is 9.86. The van der Waals surface area contributed by atoms with Crippen LogP contribution in [0.15, 0.2) is 54.6 Å². The van der Waals surface area contributed by atoms with Crippen molar-refractivity contribution in [2.75, 3.05) is 0 Å². The maximum absolute atomic E-state index is 9.27. The molecule has 0 unspecified atom stereocenters. The summed E-state index contributed by atoms with van der Waals surface area (Å²) in [6.07, 6.45) is 0.231. The number of rotatable bonds is 3. The monoisotopic (exact) mass is 228 g/mol. The zero-order valence-corrected chi connectivity index (χ0v) is 9.77. The van der Waals surface area contributed by atoms with Crippen molar-refractivity contribution in [1.29, 1.82) is 0 Å². The highest BCUT2D eigenvalue weighted by molar-refractivity contribution is 8.10. The van der Waals surface area contributed by atoms with E-state index >= 15 is 0 Å². The van der Waals surface area contributed by atoms with E-state index in [9.17, 15) is 5.02 Å². The Kier molecular flexibility index (Phi) is 3.70. The van der Waals surface area contributed by atoms with Gasteiger partial charge in [-0.2, -0.15) is 12.5 Å². The van der Waals surface area contributed by atoms with Gasteiger partial charge in [0, 0.05) is 0 Å². The highest BCUT2D eigenvalue weighted by atomic mass is 32.1. The molecule has 1 N–H and O–H groups in total. The second-order valence-corrected chi connectivity index (χ2v) is 4.27. The van der Waals surface area contributed by atoms with Crippen LogP contribution in [0.4, 0.5) is 0 Å². The van der Waals surface area contributed by atoms with Gasteiger partial charge in [-0.1, -0.05) is 54.6 Å². The minimum absolute atomic E-state index is 0.689. The topological polar surface area (TPSA) is 20.2 Å². The Morgan fingerprint density at radius 1 is 0.875 bits per heavy atom. The molecule has 0 aliphatic heterocycles.